The minimum atomic E-state index is -2.83. The molecule has 0 spiro atoms. The van der Waals surface area contributed by atoms with Gasteiger partial charge in [-0.2, -0.15) is 5.10 Å². The SMILES string of the molecule is Cc1[nH]nc(C(F)F)c1NC(=O)c1ccc(F)cc1Cl. The standard InChI is InChI=1S/C12H9ClF3N3O/c1-5-9(10(11(15)16)19-18-5)17-12(20)7-3-2-6(14)4-8(7)13/h2-4,11H,1H3,(H,17,20)(H,18,19). The van der Waals surface area contributed by atoms with E-state index in [2.05, 4.69) is 15.5 Å². The molecule has 0 saturated heterocycles. The maximum absolute atomic E-state index is 12.9. The van der Waals surface area contributed by atoms with Crippen LogP contribution < -0.4 is 5.32 Å². The van der Waals surface area contributed by atoms with E-state index in [1.165, 1.54) is 13.0 Å². The number of benzene rings is 1. The van der Waals surface area contributed by atoms with E-state index in [4.69, 9.17) is 11.6 Å². The highest BCUT2D eigenvalue weighted by atomic mass is 35.5. The molecule has 0 aliphatic carbocycles. The van der Waals surface area contributed by atoms with E-state index in [0.717, 1.165) is 12.1 Å². The zero-order valence-electron chi connectivity index (χ0n) is 10.2. The van der Waals surface area contributed by atoms with Crippen LogP contribution in [0.2, 0.25) is 5.02 Å². The van der Waals surface area contributed by atoms with Gasteiger partial charge in [0.15, 0.2) is 5.69 Å². The Morgan fingerprint density at radius 1 is 1.45 bits per heavy atom. The number of nitrogens with one attached hydrogen (secondary N) is 2. The Bertz CT molecular complexity index is 657. The Hall–Kier alpha value is -2.02. The molecule has 1 aromatic heterocycles. The number of hydrogen-bond acceptors (Lipinski definition) is 2. The average molecular weight is 304 g/mol. The molecule has 20 heavy (non-hydrogen) atoms. The Morgan fingerprint density at radius 3 is 2.75 bits per heavy atom. The molecule has 4 nitrogen and oxygen atoms in total. The second kappa shape index (κ2) is 5.54. The third-order valence-electron chi connectivity index (χ3n) is 2.60. The minimum Gasteiger partial charge on any atom is -0.319 e. The van der Waals surface area contributed by atoms with Gasteiger partial charge in [0.25, 0.3) is 12.3 Å². The molecule has 2 N–H and O–H groups in total. The number of hydrogen-bond donors (Lipinski definition) is 2. The zero-order chi connectivity index (χ0) is 14.9. The Kier molecular flexibility index (Phi) is 3.99. The molecular weight excluding hydrogens is 295 g/mol. The van der Waals surface area contributed by atoms with Gasteiger partial charge in [-0.25, -0.2) is 13.2 Å². The summed E-state index contributed by atoms with van der Waals surface area (Å²) < 4.78 is 38.3. The number of aryl methyl sites for hydroxylation is 1. The number of amides is 1. The third kappa shape index (κ3) is 2.77. The number of rotatable bonds is 3. The van der Waals surface area contributed by atoms with E-state index in [-0.39, 0.29) is 22.0 Å². The number of halogens is 4. The van der Waals surface area contributed by atoms with Gasteiger partial charge in [0.1, 0.15) is 5.82 Å². The molecular formula is C12H9ClF3N3O. The van der Waals surface area contributed by atoms with Crippen molar-refractivity contribution in [2.24, 2.45) is 0 Å². The molecule has 0 aliphatic heterocycles. The number of carbonyl (C=O) groups excluding carboxylic acids is 1. The summed E-state index contributed by atoms with van der Waals surface area (Å²) in [5.74, 6) is -1.32. The first-order valence-electron chi connectivity index (χ1n) is 5.49. The molecule has 0 saturated carbocycles. The van der Waals surface area contributed by atoms with Crippen molar-refractivity contribution in [3.05, 3.63) is 46.0 Å². The fourth-order valence-electron chi connectivity index (χ4n) is 1.62. The van der Waals surface area contributed by atoms with Crippen molar-refractivity contribution in [3.8, 4) is 0 Å². The summed E-state index contributed by atoms with van der Waals surface area (Å²) in [7, 11) is 0. The van der Waals surface area contributed by atoms with Crippen molar-refractivity contribution < 1.29 is 18.0 Å². The summed E-state index contributed by atoms with van der Waals surface area (Å²) in [6.45, 7) is 1.49. The summed E-state index contributed by atoms with van der Waals surface area (Å²) in [6, 6.07) is 3.19. The fourth-order valence-corrected chi connectivity index (χ4v) is 1.87. The second-order valence-corrected chi connectivity index (χ2v) is 4.40. The van der Waals surface area contributed by atoms with Crippen LogP contribution in [0.4, 0.5) is 18.9 Å². The normalized spacial score (nSPS) is 10.9. The van der Waals surface area contributed by atoms with Crippen LogP contribution >= 0.6 is 11.6 Å². The summed E-state index contributed by atoms with van der Waals surface area (Å²) in [4.78, 5) is 12.0. The number of nitrogens with zero attached hydrogens (tertiary/aromatic N) is 1. The highest BCUT2D eigenvalue weighted by molar-refractivity contribution is 6.34. The predicted octanol–water partition coefficient (Wildman–Crippen LogP) is 3.70. The smallest absolute Gasteiger partial charge is 0.284 e. The van der Waals surface area contributed by atoms with Crippen molar-refractivity contribution in [1.29, 1.82) is 0 Å². The van der Waals surface area contributed by atoms with Gasteiger partial charge < -0.3 is 5.32 Å². The van der Waals surface area contributed by atoms with Crippen LogP contribution in [0.15, 0.2) is 18.2 Å². The van der Waals surface area contributed by atoms with E-state index in [9.17, 15) is 18.0 Å². The highest BCUT2D eigenvalue weighted by Crippen LogP contribution is 2.28. The van der Waals surface area contributed by atoms with E-state index < -0.39 is 23.8 Å². The molecule has 0 atom stereocenters. The fraction of sp³-hybridized carbons (Fsp3) is 0.167. The van der Waals surface area contributed by atoms with Crippen LogP contribution in [-0.4, -0.2) is 16.1 Å². The van der Waals surface area contributed by atoms with Crippen LogP contribution in [0.5, 0.6) is 0 Å². The summed E-state index contributed by atoms with van der Waals surface area (Å²) >= 11 is 5.73. The lowest BCUT2D eigenvalue weighted by Gasteiger charge is -2.08. The van der Waals surface area contributed by atoms with E-state index in [1.807, 2.05) is 0 Å². The van der Waals surface area contributed by atoms with Gasteiger partial charge in [-0.05, 0) is 25.1 Å². The van der Waals surface area contributed by atoms with Crippen molar-refractivity contribution in [3.63, 3.8) is 0 Å². The Labute approximate surface area is 116 Å². The van der Waals surface area contributed by atoms with Crippen LogP contribution in [0.1, 0.15) is 28.2 Å². The molecule has 0 bridgehead atoms. The molecule has 2 rings (SSSR count). The van der Waals surface area contributed by atoms with Crippen LogP contribution in [-0.2, 0) is 0 Å². The Morgan fingerprint density at radius 2 is 2.15 bits per heavy atom. The molecule has 1 heterocycles. The molecule has 1 aromatic carbocycles. The van der Waals surface area contributed by atoms with Crippen LogP contribution in [0.3, 0.4) is 0 Å². The van der Waals surface area contributed by atoms with Gasteiger partial charge in [-0.15, -0.1) is 0 Å². The number of aromatic nitrogens is 2. The number of alkyl halides is 2. The average Bonchev–Trinajstić information content (AvgIpc) is 2.71. The topological polar surface area (TPSA) is 57.8 Å². The van der Waals surface area contributed by atoms with E-state index >= 15 is 0 Å². The summed E-state index contributed by atoms with van der Waals surface area (Å²) in [5, 5.41) is 7.97. The third-order valence-corrected chi connectivity index (χ3v) is 2.91. The van der Waals surface area contributed by atoms with E-state index in [1.54, 1.807) is 0 Å². The molecule has 2 aromatic rings. The largest absolute Gasteiger partial charge is 0.319 e. The number of carbonyl (C=O) groups is 1. The van der Waals surface area contributed by atoms with Crippen molar-refractivity contribution in [2.45, 2.75) is 13.3 Å². The van der Waals surface area contributed by atoms with Crippen LogP contribution in [0, 0.1) is 12.7 Å². The summed E-state index contributed by atoms with van der Waals surface area (Å²) in [5.41, 5.74) is -0.403. The van der Waals surface area contributed by atoms with E-state index in [0.29, 0.717) is 0 Å². The van der Waals surface area contributed by atoms with Gasteiger partial charge in [0, 0.05) is 0 Å². The van der Waals surface area contributed by atoms with Gasteiger partial charge in [0.2, 0.25) is 0 Å². The quantitative estimate of drug-likeness (QED) is 0.908. The second-order valence-electron chi connectivity index (χ2n) is 3.99. The first-order chi connectivity index (χ1) is 9.40. The number of aromatic amines is 1. The first-order valence-corrected chi connectivity index (χ1v) is 5.87. The molecule has 106 valence electrons. The molecule has 1 amide bonds. The van der Waals surface area contributed by atoms with Gasteiger partial charge in [-0.1, -0.05) is 11.6 Å². The van der Waals surface area contributed by atoms with Crippen molar-refractivity contribution in [1.82, 2.24) is 10.2 Å². The number of H-pyrrole nitrogens is 1. The lowest BCUT2D eigenvalue weighted by atomic mass is 10.2. The van der Waals surface area contributed by atoms with Gasteiger partial charge >= 0.3 is 0 Å². The summed E-state index contributed by atoms with van der Waals surface area (Å²) in [6.07, 6.45) is -2.83. The van der Waals surface area contributed by atoms with Crippen molar-refractivity contribution in [2.75, 3.05) is 5.32 Å². The molecule has 0 radical (unpaired) electrons. The van der Waals surface area contributed by atoms with Crippen LogP contribution in [0.25, 0.3) is 0 Å². The highest BCUT2D eigenvalue weighted by Gasteiger charge is 2.22. The van der Waals surface area contributed by atoms with Crippen molar-refractivity contribution >= 4 is 23.2 Å². The first kappa shape index (κ1) is 14.4. The monoisotopic (exact) mass is 303 g/mol. The molecule has 0 unspecified atom stereocenters. The minimum absolute atomic E-state index is 0.0196. The zero-order valence-corrected chi connectivity index (χ0v) is 10.9. The van der Waals surface area contributed by atoms with Gasteiger partial charge in [0.05, 0.1) is 22.0 Å². The lowest BCUT2D eigenvalue weighted by Crippen LogP contribution is -2.14. The molecule has 0 aliphatic rings. The predicted molar refractivity (Wildman–Crippen MR) is 67.6 cm³/mol. The lowest BCUT2D eigenvalue weighted by molar-refractivity contribution is 0.102. The van der Waals surface area contributed by atoms with Gasteiger partial charge in [-0.3, -0.25) is 9.89 Å². The number of anilines is 1. The molecule has 8 heteroatoms. The Balaban J connectivity index is 2.30. The maximum Gasteiger partial charge on any atom is 0.284 e. The molecule has 0 fully saturated rings. The maximum atomic E-state index is 12.9.